The maximum Gasteiger partial charge on any atom is 0.338 e. The van der Waals surface area contributed by atoms with Crippen LogP contribution in [-0.4, -0.2) is 20.5 Å². The standard InChI is InChI=1S/C16H14F3NO4S/c1-9(2)24-16(21)10-3-5-11(6-4-10)20-25(22,23)13-8-7-12(17)14(18)15(13)19/h3-9,20H,1-2H3. The second kappa shape index (κ2) is 7.14. The molecule has 0 aliphatic heterocycles. The van der Waals surface area contributed by atoms with Gasteiger partial charge in [0.05, 0.1) is 11.7 Å². The fourth-order valence-electron chi connectivity index (χ4n) is 1.88. The van der Waals surface area contributed by atoms with E-state index in [1.54, 1.807) is 13.8 Å². The first-order valence-corrected chi connectivity index (χ1v) is 8.57. The molecule has 2 rings (SSSR count). The van der Waals surface area contributed by atoms with Gasteiger partial charge in [0.15, 0.2) is 17.5 Å². The van der Waals surface area contributed by atoms with Crippen molar-refractivity contribution in [2.24, 2.45) is 0 Å². The molecule has 0 spiro atoms. The summed E-state index contributed by atoms with van der Waals surface area (Å²) >= 11 is 0. The summed E-state index contributed by atoms with van der Waals surface area (Å²) < 4.78 is 71.0. The molecule has 134 valence electrons. The molecule has 5 nitrogen and oxygen atoms in total. The number of hydrogen-bond acceptors (Lipinski definition) is 4. The number of benzene rings is 2. The summed E-state index contributed by atoms with van der Waals surface area (Å²) in [5.41, 5.74) is 0.195. The Morgan fingerprint density at radius 2 is 1.60 bits per heavy atom. The van der Waals surface area contributed by atoms with Crippen LogP contribution in [-0.2, 0) is 14.8 Å². The lowest BCUT2D eigenvalue weighted by Crippen LogP contribution is -2.16. The molecular weight excluding hydrogens is 359 g/mol. The van der Waals surface area contributed by atoms with Crippen LogP contribution in [0.3, 0.4) is 0 Å². The lowest BCUT2D eigenvalue weighted by molar-refractivity contribution is 0.0378. The number of sulfonamides is 1. The molecule has 0 radical (unpaired) electrons. The van der Waals surface area contributed by atoms with Crippen molar-refractivity contribution in [3.8, 4) is 0 Å². The Labute approximate surface area is 142 Å². The van der Waals surface area contributed by atoms with Gasteiger partial charge in [0.2, 0.25) is 0 Å². The van der Waals surface area contributed by atoms with E-state index in [1.165, 1.54) is 24.3 Å². The number of anilines is 1. The van der Waals surface area contributed by atoms with Crippen LogP contribution in [0.4, 0.5) is 18.9 Å². The van der Waals surface area contributed by atoms with Gasteiger partial charge in [-0.25, -0.2) is 26.4 Å². The molecule has 0 fully saturated rings. The minimum atomic E-state index is -4.48. The third kappa shape index (κ3) is 4.30. The topological polar surface area (TPSA) is 72.5 Å². The molecule has 0 bridgehead atoms. The highest BCUT2D eigenvalue weighted by Gasteiger charge is 2.24. The molecule has 0 aliphatic rings. The highest BCUT2D eigenvalue weighted by Crippen LogP contribution is 2.22. The lowest BCUT2D eigenvalue weighted by atomic mass is 10.2. The molecule has 0 amide bonds. The monoisotopic (exact) mass is 373 g/mol. The van der Waals surface area contributed by atoms with E-state index >= 15 is 0 Å². The number of carbonyl (C=O) groups is 1. The summed E-state index contributed by atoms with van der Waals surface area (Å²) in [6, 6.07) is 6.26. The fraction of sp³-hybridized carbons (Fsp3) is 0.188. The zero-order valence-electron chi connectivity index (χ0n) is 13.2. The van der Waals surface area contributed by atoms with E-state index in [0.717, 1.165) is 0 Å². The van der Waals surface area contributed by atoms with Crippen molar-refractivity contribution >= 4 is 21.7 Å². The number of ether oxygens (including phenoxy) is 1. The first kappa shape index (κ1) is 18.8. The summed E-state index contributed by atoms with van der Waals surface area (Å²) in [4.78, 5) is 10.7. The Bertz CT molecular complexity index is 896. The van der Waals surface area contributed by atoms with Crippen LogP contribution in [0.25, 0.3) is 0 Å². The number of carbonyl (C=O) groups excluding carboxylic acids is 1. The van der Waals surface area contributed by atoms with Gasteiger partial charge in [-0.3, -0.25) is 4.72 Å². The highest BCUT2D eigenvalue weighted by molar-refractivity contribution is 7.92. The maximum atomic E-state index is 13.7. The van der Waals surface area contributed by atoms with Crippen LogP contribution in [0.1, 0.15) is 24.2 Å². The first-order chi connectivity index (χ1) is 11.6. The van der Waals surface area contributed by atoms with Gasteiger partial charge in [-0.1, -0.05) is 0 Å². The van der Waals surface area contributed by atoms with Crippen LogP contribution >= 0.6 is 0 Å². The fourth-order valence-corrected chi connectivity index (χ4v) is 3.01. The van der Waals surface area contributed by atoms with Crippen molar-refractivity contribution < 1.29 is 31.1 Å². The predicted molar refractivity (Wildman–Crippen MR) is 84.1 cm³/mol. The zero-order chi connectivity index (χ0) is 18.8. The Kier molecular flexibility index (Phi) is 5.36. The Morgan fingerprint density at radius 3 is 2.16 bits per heavy atom. The molecule has 0 aromatic heterocycles. The Balaban J connectivity index is 2.24. The summed E-state index contributed by atoms with van der Waals surface area (Å²) in [5.74, 6) is -5.78. The van der Waals surface area contributed by atoms with Crippen LogP contribution in [0.5, 0.6) is 0 Å². The summed E-state index contributed by atoms with van der Waals surface area (Å²) in [6.07, 6.45) is -0.318. The van der Waals surface area contributed by atoms with Crippen LogP contribution in [0, 0.1) is 17.5 Å². The maximum absolute atomic E-state index is 13.7. The molecule has 0 heterocycles. The van der Waals surface area contributed by atoms with Crippen molar-refractivity contribution in [2.75, 3.05) is 4.72 Å². The summed E-state index contributed by atoms with van der Waals surface area (Å²) in [5, 5.41) is 0. The number of nitrogens with one attached hydrogen (secondary N) is 1. The van der Waals surface area contributed by atoms with Gasteiger partial charge >= 0.3 is 5.97 Å². The molecule has 2 aromatic rings. The van der Waals surface area contributed by atoms with E-state index < -0.39 is 38.3 Å². The number of halogens is 3. The quantitative estimate of drug-likeness (QED) is 0.643. The van der Waals surface area contributed by atoms with E-state index in [0.29, 0.717) is 12.1 Å². The number of hydrogen-bond donors (Lipinski definition) is 1. The first-order valence-electron chi connectivity index (χ1n) is 7.09. The molecule has 0 saturated carbocycles. The van der Waals surface area contributed by atoms with Crippen molar-refractivity contribution in [3.05, 3.63) is 59.4 Å². The molecule has 0 aliphatic carbocycles. The van der Waals surface area contributed by atoms with Crippen molar-refractivity contribution in [1.82, 2.24) is 0 Å². The van der Waals surface area contributed by atoms with Gasteiger partial charge in [-0.05, 0) is 50.2 Å². The summed E-state index contributed by atoms with van der Waals surface area (Å²) in [7, 11) is -4.48. The van der Waals surface area contributed by atoms with E-state index in [1.807, 2.05) is 4.72 Å². The van der Waals surface area contributed by atoms with Crippen molar-refractivity contribution in [3.63, 3.8) is 0 Å². The second-order valence-electron chi connectivity index (χ2n) is 5.31. The molecule has 1 N–H and O–H groups in total. The third-order valence-corrected chi connectivity index (χ3v) is 4.40. The van der Waals surface area contributed by atoms with Gasteiger partial charge in [0, 0.05) is 5.69 Å². The molecule has 0 unspecified atom stereocenters. The average Bonchev–Trinajstić information content (AvgIpc) is 2.52. The summed E-state index contributed by atoms with van der Waals surface area (Å²) in [6.45, 7) is 3.35. The SMILES string of the molecule is CC(C)OC(=O)c1ccc(NS(=O)(=O)c2ccc(F)c(F)c2F)cc1. The van der Waals surface area contributed by atoms with Gasteiger partial charge in [-0.2, -0.15) is 0 Å². The Morgan fingerprint density at radius 1 is 1.00 bits per heavy atom. The van der Waals surface area contributed by atoms with Crippen molar-refractivity contribution in [1.29, 1.82) is 0 Å². The minimum Gasteiger partial charge on any atom is -0.459 e. The Hall–Kier alpha value is -2.55. The van der Waals surface area contributed by atoms with E-state index in [4.69, 9.17) is 4.74 Å². The second-order valence-corrected chi connectivity index (χ2v) is 6.96. The van der Waals surface area contributed by atoms with Crippen LogP contribution in [0.15, 0.2) is 41.3 Å². The van der Waals surface area contributed by atoms with E-state index in [-0.39, 0.29) is 17.4 Å². The van der Waals surface area contributed by atoms with Gasteiger partial charge in [-0.15, -0.1) is 0 Å². The predicted octanol–water partition coefficient (Wildman–Crippen LogP) is 3.47. The normalized spacial score (nSPS) is 11.4. The average molecular weight is 373 g/mol. The molecule has 0 atom stereocenters. The van der Waals surface area contributed by atoms with Crippen molar-refractivity contribution in [2.45, 2.75) is 24.8 Å². The van der Waals surface area contributed by atoms with Gasteiger partial charge in [0.1, 0.15) is 4.90 Å². The number of rotatable bonds is 5. The lowest BCUT2D eigenvalue weighted by Gasteiger charge is -2.11. The van der Waals surface area contributed by atoms with Crippen LogP contribution in [0.2, 0.25) is 0 Å². The van der Waals surface area contributed by atoms with E-state index in [9.17, 15) is 26.4 Å². The molecule has 0 saturated heterocycles. The molecule has 2 aromatic carbocycles. The smallest absolute Gasteiger partial charge is 0.338 e. The van der Waals surface area contributed by atoms with E-state index in [2.05, 4.69) is 0 Å². The number of esters is 1. The highest BCUT2D eigenvalue weighted by atomic mass is 32.2. The third-order valence-electron chi connectivity index (χ3n) is 3.00. The molecule has 9 heteroatoms. The molecular formula is C16H14F3NO4S. The largest absolute Gasteiger partial charge is 0.459 e. The van der Waals surface area contributed by atoms with Gasteiger partial charge in [0.25, 0.3) is 10.0 Å². The molecule has 25 heavy (non-hydrogen) atoms. The zero-order valence-corrected chi connectivity index (χ0v) is 14.0. The van der Waals surface area contributed by atoms with Crippen LogP contribution < -0.4 is 4.72 Å². The van der Waals surface area contributed by atoms with Gasteiger partial charge < -0.3 is 4.74 Å². The minimum absolute atomic E-state index is 0.00484.